The fourth-order valence-corrected chi connectivity index (χ4v) is 3.41. The topological polar surface area (TPSA) is 50.8 Å². The average Bonchev–Trinajstić information content (AvgIpc) is 3.10. The van der Waals surface area contributed by atoms with Crippen molar-refractivity contribution in [2.24, 2.45) is 5.92 Å². The van der Waals surface area contributed by atoms with E-state index in [1.54, 1.807) is 0 Å². The second-order valence-electron chi connectivity index (χ2n) is 6.52. The van der Waals surface area contributed by atoms with Gasteiger partial charge >= 0.3 is 6.03 Å². The molecule has 1 saturated carbocycles. The molecule has 0 radical (unpaired) electrons. The van der Waals surface area contributed by atoms with Crippen LogP contribution >= 0.6 is 0 Å². The largest absolute Gasteiger partial charge is 0.347 e. The molecule has 3 rings (SSSR count). The second kappa shape index (κ2) is 5.90. The summed E-state index contributed by atoms with van der Waals surface area (Å²) in [7, 11) is 0. The lowest BCUT2D eigenvalue weighted by Gasteiger charge is -2.34. The number of nitrogens with zero attached hydrogens (tertiary/aromatic N) is 1. The molecule has 114 valence electrons. The van der Waals surface area contributed by atoms with Gasteiger partial charge in [-0.1, -0.05) is 6.92 Å². The van der Waals surface area contributed by atoms with Crippen molar-refractivity contribution in [2.75, 3.05) is 26.2 Å². The third kappa shape index (κ3) is 3.09. The lowest BCUT2D eigenvalue weighted by atomic mass is 9.86. The van der Waals surface area contributed by atoms with Crippen molar-refractivity contribution >= 4 is 6.03 Å². The number of hydrogen-bond acceptors (Lipinski definition) is 3. The van der Waals surface area contributed by atoms with Gasteiger partial charge in [-0.05, 0) is 31.6 Å². The Kier molecular flexibility index (Phi) is 4.17. The zero-order valence-electron chi connectivity index (χ0n) is 12.4. The van der Waals surface area contributed by atoms with E-state index in [4.69, 9.17) is 9.47 Å². The van der Waals surface area contributed by atoms with Crippen LogP contribution in [0, 0.1) is 5.92 Å². The lowest BCUT2D eigenvalue weighted by Crippen LogP contribution is -2.43. The van der Waals surface area contributed by atoms with Crippen molar-refractivity contribution in [3.8, 4) is 0 Å². The van der Waals surface area contributed by atoms with Gasteiger partial charge in [0.05, 0.1) is 6.61 Å². The third-order valence-electron chi connectivity index (χ3n) is 4.82. The van der Waals surface area contributed by atoms with E-state index < -0.39 is 0 Å². The molecule has 2 heterocycles. The molecule has 1 unspecified atom stereocenters. The smallest absolute Gasteiger partial charge is 0.317 e. The van der Waals surface area contributed by atoms with Gasteiger partial charge in [0.15, 0.2) is 5.79 Å². The Morgan fingerprint density at radius 1 is 1.30 bits per heavy atom. The summed E-state index contributed by atoms with van der Waals surface area (Å²) >= 11 is 0. The van der Waals surface area contributed by atoms with Gasteiger partial charge in [-0.25, -0.2) is 4.79 Å². The molecule has 20 heavy (non-hydrogen) atoms. The SMILES string of the molecule is CC1CCC2(CC1)OCC(CNC(=O)N1CCCC1)O2. The Morgan fingerprint density at radius 3 is 2.70 bits per heavy atom. The monoisotopic (exact) mass is 282 g/mol. The molecule has 3 fully saturated rings. The number of ether oxygens (including phenoxy) is 2. The fraction of sp³-hybridized carbons (Fsp3) is 0.933. The molecule has 0 aromatic rings. The Morgan fingerprint density at radius 2 is 2.00 bits per heavy atom. The summed E-state index contributed by atoms with van der Waals surface area (Å²) in [6.07, 6.45) is 6.58. The number of likely N-dealkylation sites (tertiary alicyclic amines) is 1. The maximum absolute atomic E-state index is 11.9. The predicted molar refractivity (Wildman–Crippen MR) is 75.4 cm³/mol. The highest BCUT2D eigenvalue weighted by atomic mass is 16.7. The molecule has 1 aliphatic carbocycles. The van der Waals surface area contributed by atoms with Gasteiger partial charge in [0.25, 0.3) is 0 Å². The second-order valence-corrected chi connectivity index (χ2v) is 6.52. The van der Waals surface area contributed by atoms with Crippen LogP contribution in [0.5, 0.6) is 0 Å². The average molecular weight is 282 g/mol. The summed E-state index contributed by atoms with van der Waals surface area (Å²) in [6.45, 7) is 5.22. The van der Waals surface area contributed by atoms with Crippen molar-refractivity contribution in [1.29, 1.82) is 0 Å². The Balaban J connectivity index is 1.42. The quantitative estimate of drug-likeness (QED) is 0.844. The van der Waals surface area contributed by atoms with Crippen molar-refractivity contribution in [3.05, 3.63) is 0 Å². The minimum absolute atomic E-state index is 0.00922. The van der Waals surface area contributed by atoms with E-state index in [0.29, 0.717) is 13.2 Å². The number of nitrogens with one attached hydrogen (secondary N) is 1. The highest BCUT2D eigenvalue weighted by Crippen LogP contribution is 2.39. The van der Waals surface area contributed by atoms with Crippen LogP contribution in [0.1, 0.15) is 45.4 Å². The van der Waals surface area contributed by atoms with E-state index in [0.717, 1.165) is 44.7 Å². The van der Waals surface area contributed by atoms with Crippen LogP contribution in [0.15, 0.2) is 0 Å². The standard InChI is InChI=1S/C15H26N2O3/c1-12-4-6-15(7-5-12)19-11-13(20-15)10-16-14(18)17-8-2-3-9-17/h12-13H,2-11H2,1H3,(H,16,18). The molecule has 0 aromatic carbocycles. The molecule has 1 spiro atoms. The van der Waals surface area contributed by atoms with Gasteiger partial charge < -0.3 is 19.7 Å². The van der Waals surface area contributed by atoms with Crippen LogP contribution in [-0.2, 0) is 9.47 Å². The van der Waals surface area contributed by atoms with E-state index in [-0.39, 0.29) is 17.9 Å². The Labute approximate surface area is 121 Å². The highest BCUT2D eigenvalue weighted by molar-refractivity contribution is 5.74. The van der Waals surface area contributed by atoms with E-state index in [9.17, 15) is 4.79 Å². The molecular formula is C15H26N2O3. The predicted octanol–water partition coefficient (Wildman–Crippen LogP) is 2.11. The van der Waals surface area contributed by atoms with Crippen molar-refractivity contribution < 1.29 is 14.3 Å². The molecule has 0 aromatic heterocycles. The number of rotatable bonds is 2. The third-order valence-corrected chi connectivity index (χ3v) is 4.82. The number of carbonyl (C=O) groups excluding carboxylic acids is 1. The summed E-state index contributed by atoms with van der Waals surface area (Å²) in [4.78, 5) is 13.8. The number of hydrogen-bond donors (Lipinski definition) is 1. The maximum atomic E-state index is 11.9. The summed E-state index contributed by atoms with van der Waals surface area (Å²) in [6, 6.07) is 0.0457. The van der Waals surface area contributed by atoms with Crippen LogP contribution in [0.3, 0.4) is 0 Å². The van der Waals surface area contributed by atoms with Gasteiger partial charge in [0, 0.05) is 32.5 Å². The van der Waals surface area contributed by atoms with E-state index in [1.165, 1.54) is 12.8 Å². The first-order valence-electron chi connectivity index (χ1n) is 8.01. The zero-order chi connectivity index (χ0) is 14.0. The lowest BCUT2D eigenvalue weighted by molar-refractivity contribution is -0.191. The van der Waals surface area contributed by atoms with Crippen molar-refractivity contribution in [2.45, 2.75) is 57.3 Å². The van der Waals surface area contributed by atoms with Crippen LogP contribution in [-0.4, -0.2) is 49.1 Å². The van der Waals surface area contributed by atoms with Crippen LogP contribution < -0.4 is 5.32 Å². The van der Waals surface area contributed by atoms with E-state index in [2.05, 4.69) is 12.2 Å². The highest BCUT2D eigenvalue weighted by Gasteiger charge is 2.43. The van der Waals surface area contributed by atoms with Gasteiger partial charge in [0.1, 0.15) is 6.10 Å². The number of urea groups is 1. The van der Waals surface area contributed by atoms with Crippen molar-refractivity contribution in [3.63, 3.8) is 0 Å². The number of carbonyl (C=O) groups is 1. The molecule has 0 bridgehead atoms. The van der Waals surface area contributed by atoms with Crippen LogP contribution in [0.25, 0.3) is 0 Å². The molecule has 1 N–H and O–H groups in total. The molecule has 2 saturated heterocycles. The first-order valence-corrected chi connectivity index (χ1v) is 8.01. The fourth-order valence-electron chi connectivity index (χ4n) is 3.41. The number of amides is 2. The summed E-state index contributed by atoms with van der Waals surface area (Å²) in [5.41, 5.74) is 0. The zero-order valence-corrected chi connectivity index (χ0v) is 12.4. The molecule has 2 amide bonds. The summed E-state index contributed by atoms with van der Waals surface area (Å²) in [5, 5.41) is 2.98. The Bertz CT molecular complexity index is 347. The molecular weight excluding hydrogens is 256 g/mol. The molecule has 5 heteroatoms. The van der Waals surface area contributed by atoms with Gasteiger partial charge in [-0.2, -0.15) is 0 Å². The van der Waals surface area contributed by atoms with Gasteiger partial charge in [-0.3, -0.25) is 0 Å². The normalized spacial score (nSPS) is 37.5. The molecule has 5 nitrogen and oxygen atoms in total. The molecule has 2 aliphatic heterocycles. The van der Waals surface area contributed by atoms with Gasteiger partial charge in [0.2, 0.25) is 0 Å². The molecule has 3 aliphatic rings. The minimum Gasteiger partial charge on any atom is -0.347 e. The summed E-state index contributed by atoms with van der Waals surface area (Å²) in [5.74, 6) is 0.428. The first kappa shape index (κ1) is 14.1. The Hall–Kier alpha value is -0.810. The first-order chi connectivity index (χ1) is 9.67. The maximum Gasteiger partial charge on any atom is 0.317 e. The van der Waals surface area contributed by atoms with Crippen molar-refractivity contribution in [1.82, 2.24) is 10.2 Å². The molecule has 1 atom stereocenters. The van der Waals surface area contributed by atoms with E-state index in [1.807, 2.05) is 4.90 Å². The van der Waals surface area contributed by atoms with E-state index >= 15 is 0 Å². The van der Waals surface area contributed by atoms with Gasteiger partial charge in [-0.15, -0.1) is 0 Å². The minimum atomic E-state index is -0.352. The van der Waals surface area contributed by atoms with Crippen LogP contribution in [0.4, 0.5) is 4.79 Å². The summed E-state index contributed by atoms with van der Waals surface area (Å²) < 4.78 is 12.0. The van der Waals surface area contributed by atoms with Crippen LogP contribution in [0.2, 0.25) is 0 Å².